The highest BCUT2D eigenvalue weighted by Gasteiger charge is 2.35. The molecule has 0 bridgehead atoms. The highest BCUT2D eigenvalue weighted by Crippen LogP contribution is 2.34. The summed E-state index contributed by atoms with van der Waals surface area (Å²) in [6, 6.07) is 1.40. The first-order valence-corrected chi connectivity index (χ1v) is 7.47. The molecule has 1 unspecified atom stereocenters. The number of carbonyl (C=O) groups is 1. The molecular weight excluding hydrogens is 319 g/mol. The first-order valence-electron chi connectivity index (χ1n) is 5.54. The van der Waals surface area contributed by atoms with Gasteiger partial charge >= 0.3 is 10.2 Å². The number of anilines is 1. The summed E-state index contributed by atoms with van der Waals surface area (Å²) in [6.45, 7) is -0.190. The van der Waals surface area contributed by atoms with E-state index in [-0.39, 0.29) is 23.7 Å². The molecule has 0 N–H and O–H groups in total. The molecule has 1 aliphatic rings. The van der Waals surface area contributed by atoms with E-state index in [2.05, 4.69) is 0 Å². The van der Waals surface area contributed by atoms with E-state index in [1.54, 1.807) is 0 Å². The first-order chi connectivity index (χ1) is 9.17. The lowest BCUT2D eigenvalue weighted by Gasteiger charge is -2.18. The molecule has 0 saturated carbocycles. The zero-order chi connectivity index (χ0) is 15.1. The Morgan fingerprint density at radius 3 is 2.55 bits per heavy atom. The summed E-state index contributed by atoms with van der Waals surface area (Å²) < 4.78 is 60.4. The zero-order valence-corrected chi connectivity index (χ0v) is 11.5. The smallest absolute Gasteiger partial charge is 0.302 e. The van der Waals surface area contributed by atoms with Gasteiger partial charge in [-0.25, -0.2) is 8.78 Å². The van der Waals surface area contributed by atoms with Gasteiger partial charge in [-0.1, -0.05) is 11.6 Å². The van der Waals surface area contributed by atoms with Crippen LogP contribution in [0.15, 0.2) is 12.1 Å². The number of halogens is 4. The first kappa shape index (κ1) is 15.1. The van der Waals surface area contributed by atoms with Crippen molar-refractivity contribution >= 4 is 33.4 Å². The summed E-state index contributed by atoms with van der Waals surface area (Å²) >= 11 is 5.69. The topological polar surface area (TPSA) is 54.5 Å². The monoisotopic (exact) mass is 327 g/mol. The average molecular weight is 328 g/mol. The van der Waals surface area contributed by atoms with E-state index < -0.39 is 39.4 Å². The second-order valence-corrected chi connectivity index (χ2v) is 6.32. The third kappa shape index (κ3) is 3.24. The van der Waals surface area contributed by atoms with Crippen LogP contribution in [0.5, 0.6) is 0 Å². The summed E-state index contributed by atoms with van der Waals surface area (Å²) in [5.74, 6) is -4.14. The Morgan fingerprint density at radius 2 is 2.00 bits per heavy atom. The van der Waals surface area contributed by atoms with Gasteiger partial charge in [0.2, 0.25) is 5.91 Å². The Bertz CT molecular complexity index is 642. The van der Waals surface area contributed by atoms with Crippen molar-refractivity contribution in [3.63, 3.8) is 0 Å². The second kappa shape index (κ2) is 5.25. The minimum atomic E-state index is -4.73. The van der Waals surface area contributed by atoms with E-state index in [0.717, 1.165) is 11.0 Å². The van der Waals surface area contributed by atoms with Gasteiger partial charge in [0.1, 0.15) is 5.82 Å². The van der Waals surface area contributed by atoms with Crippen molar-refractivity contribution in [1.29, 1.82) is 0 Å². The molecule has 0 radical (unpaired) electrons. The summed E-state index contributed by atoms with van der Waals surface area (Å²) in [6.07, 6.45) is -0.240. The Kier molecular flexibility index (Phi) is 3.97. The molecule has 1 heterocycles. The predicted octanol–water partition coefficient (Wildman–Crippen LogP) is 2.27. The standard InChI is InChI=1S/C11H9ClF3NO3S/c12-8-2-7(13)3-9(14)11(8)16-4-6(1-10(16)17)5-20(15,18)19/h2-3,6H,1,4-5H2. The minimum Gasteiger partial charge on any atom is -0.308 e. The third-order valence-corrected chi connectivity index (χ3v) is 4.05. The minimum absolute atomic E-state index is 0.190. The number of nitrogens with zero attached hydrogens (tertiary/aromatic N) is 1. The Balaban J connectivity index is 2.29. The van der Waals surface area contributed by atoms with E-state index in [1.807, 2.05) is 0 Å². The molecule has 4 nitrogen and oxygen atoms in total. The quantitative estimate of drug-likeness (QED) is 0.800. The van der Waals surface area contributed by atoms with Crippen LogP contribution in [0.2, 0.25) is 5.02 Å². The predicted molar refractivity (Wildman–Crippen MR) is 66.7 cm³/mol. The number of benzene rings is 1. The molecule has 1 atom stereocenters. The average Bonchev–Trinajstić information content (AvgIpc) is 2.55. The van der Waals surface area contributed by atoms with Crippen molar-refractivity contribution in [2.75, 3.05) is 17.2 Å². The fourth-order valence-electron chi connectivity index (χ4n) is 2.18. The van der Waals surface area contributed by atoms with Crippen molar-refractivity contribution in [2.45, 2.75) is 6.42 Å². The van der Waals surface area contributed by atoms with Crippen LogP contribution in [-0.4, -0.2) is 26.6 Å². The van der Waals surface area contributed by atoms with E-state index in [0.29, 0.717) is 6.07 Å². The highest BCUT2D eigenvalue weighted by molar-refractivity contribution is 7.86. The van der Waals surface area contributed by atoms with Gasteiger partial charge in [-0.15, -0.1) is 3.89 Å². The SMILES string of the molecule is O=C1CC(CS(=O)(=O)F)CN1c1c(F)cc(F)cc1Cl. The molecule has 1 fully saturated rings. The van der Waals surface area contributed by atoms with E-state index >= 15 is 0 Å². The fourth-order valence-corrected chi connectivity index (χ4v) is 3.27. The molecule has 1 saturated heterocycles. The molecule has 0 aromatic heterocycles. The summed E-state index contributed by atoms with van der Waals surface area (Å²) in [7, 11) is -4.73. The Labute approximate surface area is 118 Å². The lowest BCUT2D eigenvalue weighted by Crippen LogP contribution is -2.26. The van der Waals surface area contributed by atoms with Crippen LogP contribution < -0.4 is 4.90 Å². The number of hydrogen-bond donors (Lipinski definition) is 0. The molecule has 110 valence electrons. The highest BCUT2D eigenvalue weighted by atomic mass is 35.5. The molecule has 9 heteroatoms. The maximum atomic E-state index is 13.7. The normalized spacial score (nSPS) is 19.7. The number of amides is 1. The van der Waals surface area contributed by atoms with Crippen LogP contribution in [0.25, 0.3) is 0 Å². The number of hydrogen-bond acceptors (Lipinski definition) is 3. The van der Waals surface area contributed by atoms with Crippen LogP contribution in [-0.2, 0) is 15.0 Å². The van der Waals surface area contributed by atoms with Gasteiger partial charge in [0.15, 0.2) is 5.82 Å². The van der Waals surface area contributed by atoms with Crippen LogP contribution in [0.3, 0.4) is 0 Å². The molecule has 0 aliphatic carbocycles. The molecular formula is C11H9ClF3NO3S. The zero-order valence-electron chi connectivity index (χ0n) is 9.95. The summed E-state index contributed by atoms with van der Waals surface area (Å²) in [5, 5.41) is -0.306. The van der Waals surface area contributed by atoms with Crippen molar-refractivity contribution < 1.29 is 25.9 Å². The maximum absolute atomic E-state index is 13.7. The summed E-state index contributed by atoms with van der Waals surface area (Å²) in [5.41, 5.74) is -0.322. The van der Waals surface area contributed by atoms with Crippen molar-refractivity contribution in [2.24, 2.45) is 5.92 Å². The van der Waals surface area contributed by atoms with Crippen LogP contribution >= 0.6 is 11.6 Å². The molecule has 1 aliphatic heterocycles. The second-order valence-electron chi connectivity index (χ2n) is 4.50. The van der Waals surface area contributed by atoms with Gasteiger partial charge in [0.25, 0.3) is 0 Å². The Hall–Kier alpha value is -1.28. The molecule has 20 heavy (non-hydrogen) atoms. The number of rotatable bonds is 3. The Morgan fingerprint density at radius 1 is 1.35 bits per heavy atom. The van der Waals surface area contributed by atoms with Crippen LogP contribution in [0, 0.1) is 17.6 Å². The van der Waals surface area contributed by atoms with Crippen molar-refractivity contribution in [1.82, 2.24) is 0 Å². The van der Waals surface area contributed by atoms with E-state index in [9.17, 15) is 25.9 Å². The van der Waals surface area contributed by atoms with E-state index in [4.69, 9.17) is 11.6 Å². The lowest BCUT2D eigenvalue weighted by molar-refractivity contribution is -0.117. The van der Waals surface area contributed by atoms with Gasteiger partial charge < -0.3 is 4.90 Å². The van der Waals surface area contributed by atoms with Gasteiger partial charge in [-0.05, 0) is 6.07 Å². The molecule has 0 spiro atoms. The largest absolute Gasteiger partial charge is 0.308 e. The van der Waals surface area contributed by atoms with Crippen LogP contribution in [0.1, 0.15) is 6.42 Å². The van der Waals surface area contributed by atoms with Crippen molar-refractivity contribution in [3.8, 4) is 0 Å². The fraction of sp³-hybridized carbons (Fsp3) is 0.364. The molecule has 1 aromatic rings. The van der Waals surface area contributed by atoms with Gasteiger partial charge in [0.05, 0.1) is 16.5 Å². The van der Waals surface area contributed by atoms with E-state index in [1.165, 1.54) is 0 Å². The molecule has 2 rings (SSSR count). The maximum Gasteiger partial charge on any atom is 0.302 e. The van der Waals surface area contributed by atoms with Gasteiger partial charge in [-0.2, -0.15) is 8.42 Å². The van der Waals surface area contributed by atoms with Gasteiger partial charge in [-0.3, -0.25) is 4.79 Å². The van der Waals surface area contributed by atoms with Gasteiger partial charge in [0, 0.05) is 24.9 Å². The lowest BCUT2D eigenvalue weighted by atomic mass is 10.1. The molecule has 1 amide bonds. The number of carbonyl (C=O) groups excluding carboxylic acids is 1. The van der Waals surface area contributed by atoms with Crippen molar-refractivity contribution in [3.05, 3.63) is 28.8 Å². The molecule has 1 aromatic carbocycles. The van der Waals surface area contributed by atoms with Crippen LogP contribution in [0.4, 0.5) is 18.4 Å². The third-order valence-electron chi connectivity index (χ3n) is 2.89. The summed E-state index contributed by atoms with van der Waals surface area (Å²) in [4.78, 5) is 12.7.